The van der Waals surface area contributed by atoms with Crippen LogP contribution >= 0.6 is 0 Å². The maximum atomic E-state index is 9.19. The Morgan fingerprint density at radius 3 is 2.75 bits per heavy atom. The third kappa shape index (κ3) is 2.44. The number of aliphatic hydroxyl groups is 1. The van der Waals surface area contributed by atoms with Gasteiger partial charge in [0.25, 0.3) is 0 Å². The largest absolute Gasteiger partial charge is 0.392 e. The van der Waals surface area contributed by atoms with Crippen LogP contribution in [0.4, 0.5) is 0 Å². The Bertz CT molecular complexity index is 138. The molecule has 3 atom stereocenters. The van der Waals surface area contributed by atoms with E-state index in [1.807, 2.05) is 14.0 Å². The van der Waals surface area contributed by atoms with Gasteiger partial charge in [0.15, 0.2) is 0 Å². The van der Waals surface area contributed by atoms with Crippen LogP contribution in [0.25, 0.3) is 0 Å². The molecule has 12 heavy (non-hydrogen) atoms. The van der Waals surface area contributed by atoms with Crippen molar-refractivity contribution in [3.8, 4) is 0 Å². The van der Waals surface area contributed by atoms with E-state index in [-0.39, 0.29) is 6.10 Å². The van der Waals surface area contributed by atoms with Crippen molar-refractivity contribution in [2.75, 3.05) is 20.2 Å². The van der Waals surface area contributed by atoms with Crippen molar-refractivity contribution >= 4 is 0 Å². The van der Waals surface area contributed by atoms with E-state index in [1.165, 1.54) is 0 Å². The van der Waals surface area contributed by atoms with Gasteiger partial charge in [0.2, 0.25) is 0 Å². The third-order valence-electron chi connectivity index (χ3n) is 2.45. The van der Waals surface area contributed by atoms with Crippen LogP contribution < -0.4 is 0 Å². The summed E-state index contributed by atoms with van der Waals surface area (Å²) in [6.07, 6.45) is 1.15. The van der Waals surface area contributed by atoms with E-state index in [4.69, 9.17) is 4.74 Å². The number of hydrogen-bond acceptors (Lipinski definition) is 3. The Morgan fingerprint density at radius 2 is 2.33 bits per heavy atom. The molecule has 72 valence electrons. The van der Waals surface area contributed by atoms with Crippen molar-refractivity contribution in [2.24, 2.45) is 0 Å². The highest BCUT2D eigenvalue weighted by Gasteiger charge is 2.27. The van der Waals surface area contributed by atoms with E-state index in [9.17, 15) is 5.11 Å². The molecule has 0 spiro atoms. The SMILES string of the molecule is CC1OCCC1N(C)C[C@@H](C)O. The molecule has 0 bridgehead atoms. The predicted octanol–water partition coefficient (Wildman–Crippen LogP) is 0.476. The van der Waals surface area contributed by atoms with Gasteiger partial charge in [-0.05, 0) is 27.3 Å². The molecule has 1 heterocycles. The lowest BCUT2D eigenvalue weighted by Gasteiger charge is -2.27. The molecule has 0 aromatic carbocycles. The number of nitrogens with zero attached hydrogens (tertiary/aromatic N) is 1. The highest BCUT2D eigenvalue weighted by Crippen LogP contribution is 2.17. The third-order valence-corrected chi connectivity index (χ3v) is 2.45. The molecule has 0 aromatic rings. The van der Waals surface area contributed by atoms with Crippen LogP contribution in [-0.4, -0.2) is 48.5 Å². The van der Waals surface area contributed by atoms with Gasteiger partial charge in [-0.1, -0.05) is 0 Å². The van der Waals surface area contributed by atoms with Crippen molar-refractivity contribution in [2.45, 2.75) is 38.5 Å². The number of hydrogen-bond donors (Lipinski definition) is 1. The van der Waals surface area contributed by atoms with Crippen molar-refractivity contribution < 1.29 is 9.84 Å². The Labute approximate surface area is 74.3 Å². The van der Waals surface area contributed by atoms with Crippen molar-refractivity contribution in [1.29, 1.82) is 0 Å². The minimum atomic E-state index is -0.247. The van der Waals surface area contributed by atoms with Crippen LogP contribution in [0.3, 0.4) is 0 Å². The molecule has 0 amide bonds. The van der Waals surface area contributed by atoms with E-state index in [0.29, 0.717) is 12.1 Å². The lowest BCUT2D eigenvalue weighted by molar-refractivity contribution is 0.0628. The summed E-state index contributed by atoms with van der Waals surface area (Å²) in [5, 5.41) is 9.19. The van der Waals surface area contributed by atoms with Gasteiger partial charge in [-0.15, -0.1) is 0 Å². The predicted molar refractivity (Wildman–Crippen MR) is 48.1 cm³/mol. The summed E-state index contributed by atoms with van der Waals surface area (Å²) in [5.74, 6) is 0. The highest BCUT2D eigenvalue weighted by molar-refractivity contribution is 4.80. The maximum absolute atomic E-state index is 9.19. The Morgan fingerprint density at radius 1 is 1.67 bits per heavy atom. The highest BCUT2D eigenvalue weighted by atomic mass is 16.5. The average Bonchev–Trinajstić information content (AvgIpc) is 2.33. The molecule has 0 saturated carbocycles. The Kier molecular flexibility index (Phi) is 3.50. The lowest BCUT2D eigenvalue weighted by atomic mass is 10.1. The fourth-order valence-electron chi connectivity index (χ4n) is 1.85. The quantitative estimate of drug-likeness (QED) is 0.673. The van der Waals surface area contributed by atoms with Gasteiger partial charge in [0.05, 0.1) is 12.2 Å². The molecule has 1 saturated heterocycles. The zero-order valence-electron chi connectivity index (χ0n) is 8.16. The molecule has 1 aliphatic heterocycles. The van der Waals surface area contributed by atoms with E-state index < -0.39 is 0 Å². The van der Waals surface area contributed by atoms with E-state index in [1.54, 1.807) is 0 Å². The number of aliphatic hydroxyl groups excluding tert-OH is 1. The van der Waals surface area contributed by atoms with Crippen LogP contribution in [0, 0.1) is 0 Å². The summed E-state index contributed by atoms with van der Waals surface area (Å²) >= 11 is 0. The summed E-state index contributed by atoms with van der Waals surface area (Å²) in [5.41, 5.74) is 0. The summed E-state index contributed by atoms with van der Waals surface area (Å²) in [7, 11) is 2.04. The second-order valence-electron chi connectivity index (χ2n) is 3.72. The lowest BCUT2D eigenvalue weighted by Crippen LogP contribution is -2.40. The summed E-state index contributed by atoms with van der Waals surface area (Å²) in [6, 6.07) is 0.486. The van der Waals surface area contributed by atoms with Gasteiger partial charge in [-0.3, -0.25) is 4.90 Å². The first-order valence-electron chi connectivity index (χ1n) is 4.61. The second kappa shape index (κ2) is 4.21. The van der Waals surface area contributed by atoms with Crippen LogP contribution in [0.15, 0.2) is 0 Å². The first-order valence-corrected chi connectivity index (χ1v) is 4.61. The van der Waals surface area contributed by atoms with Gasteiger partial charge in [-0.25, -0.2) is 0 Å². The molecule has 3 nitrogen and oxygen atoms in total. The van der Waals surface area contributed by atoms with Crippen molar-refractivity contribution in [3.63, 3.8) is 0 Å². The number of likely N-dealkylation sites (N-methyl/N-ethyl adjacent to an activating group) is 1. The van der Waals surface area contributed by atoms with Gasteiger partial charge in [0, 0.05) is 19.2 Å². The Hall–Kier alpha value is -0.120. The smallest absolute Gasteiger partial charge is 0.0702 e. The topological polar surface area (TPSA) is 32.7 Å². The number of ether oxygens (including phenoxy) is 1. The molecular weight excluding hydrogens is 154 g/mol. The van der Waals surface area contributed by atoms with E-state index in [0.717, 1.165) is 19.6 Å². The van der Waals surface area contributed by atoms with E-state index >= 15 is 0 Å². The van der Waals surface area contributed by atoms with Gasteiger partial charge in [0.1, 0.15) is 0 Å². The molecule has 2 unspecified atom stereocenters. The summed E-state index contributed by atoms with van der Waals surface area (Å²) in [4.78, 5) is 2.18. The molecule has 1 aliphatic rings. The van der Waals surface area contributed by atoms with Gasteiger partial charge < -0.3 is 9.84 Å². The average molecular weight is 173 g/mol. The normalized spacial score (nSPS) is 32.8. The second-order valence-corrected chi connectivity index (χ2v) is 3.72. The van der Waals surface area contributed by atoms with E-state index in [2.05, 4.69) is 11.8 Å². The fourth-order valence-corrected chi connectivity index (χ4v) is 1.85. The van der Waals surface area contributed by atoms with Crippen LogP contribution in [0.5, 0.6) is 0 Å². The van der Waals surface area contributed by atoms with Crippen molar-refractivity contribution in [1.82, 2.24) is 4.90 Å². The van der Waals surface area contributed by atoms with Crippen LogP contribution in [0.2, 0.25) is 0 Å². The molecule has 0 radical (unpaired) electrons. The zero-order chi connectivity index (χ0) is 9.14. The summed E-state index contributed by atoms with van der Waals surface area (Å²) in [6.45, 7) is 5.50. The van der Waals surface area contributed by atoms with Crippen LogP contribution in [-0.2, 0) is 4.74 Å². The number of rotatable bonds is 3. The molecule has 0 aromatic heterocycles. The molecule has 1 rings (SSSR count). The maximum Gasteiger partial charge on any atom is 0.0702 e. The molecule has 1 fully saturated rings. The van der Waals surface area contributed by atoms with Crippen LogP contribution in [0.1, 0.15) is 20.3 Å². The van der Waals surface area contributed by atoms with Gasteiger partial charge in [-0.2, -0.15) is 0 Å². The first kappa shape index (κ1) is 9.96. The van der Waals surface area contributed by atoms with Gasteiger partial charge >= 0.3 is 0 Å². The molecule has 0 aliphatic carbocycles. The van der Waals surface area contributed by atoms with Crippen molar-refractivity contribution in [3.05, 3.63) is 0 Å². The zero-order valence-corrected chi connectivity index (χ0v) is 8.16. The molecule has 3 heteroatoms. The first-order chi connectivity index (χ1) is 5.61. The fraction of sp³-hybridized carbons (Fsp3) is 1.00. The Balaban J connectivity index is 2.35. The minimum absolute atomic E-state index is 0.247. The standard InChI is InChI=1S/C9H19NO2/c1-7(11)6-10(3)9-4-5-12-8(9)2/h7-9,11H,4-6H2,1-3H3/t7-,8?,9?/m1/s1. The summed E-state index contributed by atoms with van der Waals surface area (Å²) < 4.78 is 5.44. The molecular formula is C9H19NO2. The molecule has 1 N–H and O–H groups in total. The monoisotopic (exact) mass is 173 g/mol. The minimum Gasteiger partial charge on any atom is -0.392 e.